The van der Waals surface area contributed by atoms with Gasteiger partial charge in [-0.25, -0.2) is 4.39 Å². The number of thioether (sulfide) groups is 1. The van der Waals surface area contributed by atoms with Crippen LogP contribution in [0, 0.1) is 5.82 Å². The van der Waals surface area contributed by atoms with E-state index in [1.165, 1.54) is 24.3 Å². The molecule has 9 heteroatoms. The number of carbonyl (C=O) groups is 3. The van der Waals surface area contributed by atoms with Gasteiger partial charge in [0, 0.05) is 24.3 Å². The summed E-state index contributed by atoms with van der Waals surface area (Å²) in [5.41, 5.74) is 1.65. The Balaban J connectivity index is 1.44. The minimum absolute atomic E-state index is 0.0407. The van der Waals surface area contributed by atoms with Crippen molar-refractivity contribution in [1.82, 2.24) is 0 Å². The Morgan fingerprint density at radius 1 is 1.03 bits per heavy atom. The predicted octanol–water partition coefficient (Wildman–Crippen LogP) is 3.92. The number of nitrogens with one attached hydrogen (secondary N) is 2. The third-order valence-corrected chi connectivity index (χ3v) is 5.43. The molecule has 1 saturated heterocycles. The third kappa shape index (κ3) is 5.95. The van der Waals surface area contributed by atoms with Crippen LogP contribution < -0.4 is 15.5 Å². The van der Waals surface area contributed by atoms with Crippen LogP contribution in [-0.2, 0) is 14.4 Å². The Morgan fingerprint density at radius 2 is 1.66 bits per heavy atom. The lowest BCUT2D eigenvalue weighted by Gasteiger charge is -2.18. The van der Waals surface area contributed by atoms with E-state index in [0.717, 1.165) is 18.2 Å². The van der Waals surface area contributed by atoms with Crippen molar-refractivity contribution >= 4 is 58.1 Å². The topological polar surface area (TPSA) is 78.5 Å². The molecule has 6 nitrogen and oxygen atoms in total. The molecule has 152 valence electrons. The number of benzene rings is 2. The fraction of sp³-hybridized carbons (Fsp3) is 0.250. The standard InChI is InChI=1S/C20H19ClFN3O3S/c21-16-10-15(7-8-17(16)25-9-1-2-20(25)28)24-19(27)12-29-11-18(26)23-14-5-3-13(22)4-6-14/h3-8,10H,1-2,9,11-12H2,(H,23,26)(H,24,27). The van der Waals surface area contributed by atoms with E-state index in [9.17, 15) is 18.8 Å². The van der Waals surface area contributed by atoms with E-state index in [4.69, 9.17) is 11.6 Å². The highest BCUT2D eigenvalue weighted by atomic mass is 35.5. The van der Waals surface area contributed by atoms with Gasteiger partial charge in [0.1, 0.15) is 5.82 Å². The van der Waals surface area contributed by atoms with Crippen LogP contribution in [0.4, 0.5) is 21.5 Å². The second-order valence-electron chi connectivity index (χ2n) is 6.41. The summed E-state index contributed by atoms with van der Waals surface area (Å²) in [6, 6.07) is 10.5. The smallest absolute Gasteiger partial charge is 0.234 e. The molecule has 0 aromatic heterocycles. The lowest BCUT2D eigenvalue weighted by Crippen LogP contribution is -2.24. The lowest BCUT2D eigenvalue weighted by atomic mass is 10.2. The Labute approximate surface area is 176 Å². The van der Waals surface area contributed by atoms with E-state index in [-0.39, 0.29) is 35.0 Å². The zero-order valence-electron chi connectivity index (χ0n) is 15.4. The third-order valence-electron chi connectivity index (χ3n) is 4.19. The van der Waals surface area contributed by atoms with Gasteiger partial charge in [-0.15, -0.1) is 11.8 Å². The Kier molecular flexibility index (Phi) is 7.11. The van der Waals surface area contributed by atoms with Gasteiger partial charge in [-0.3, -0.25) is 14.4 Å². The van der Waals surface area contributed by atoms with Crippen LogP contribution in [0.3, 0.4) is 0 Å². The first kappa shape index (κ1) is 21.1. The van der Waals surface area contributed by atoms with Gasteiger partial charge in [0.15, 0.2) is 0 Å². The number of rotatable bonds is 7. The minimum Gasteiger partial charge on any atom is -0.325 e. The number of carbonyl (C=O) groups excluding carboxylic acids is 3. The van der Waals surface area contributed by atoms with Crippen LogP contribution in [0.1, 0.15) is 12.8 Å². The molecule has 29 heavy (non-hydrogen) atoms. The van der Waals surface area contributed by atoms with Crippen LogP contribution in [-0.4, -0.2) is 35.8 Å². The second-order valence-corrected chi connectivity index (χ2v) is 7.80. The molecule has 0 spiro atoms. The highest BCUT2D eigenvalue weighted by Gasteiger charge is 2.23. The largest absolute Gasteiger partial charge is 0.325 e. The zero-order chi connectivity index (χ0) is 20.8. The highest BCUT2D eigenvalue weighted by molar-refractivity contribution is 8.00. The van der Waals surface area contributed by atoms with Crippen LogP contribution >= 0.6 is 23.4 Å². The second kappa shape index (κ2) is 9.76. The number of halogens is 2. The van der Waals surface area contributed by atoms with Crippen molar-refractivity contribution in [3.05, 3.63) is 53.3 Å². The molecule has 1 fully saturated rings. The van der Waals surface area contributed by atoms with Crippen molar-refractivity contribution in [3.63, 3.8) is 0 Å². The summed E-state index contributed by atoms with van der Waals surface area (Å²) in [6.07, 6.45) is 1.32. The molecule has 2 N–H and O–H groups in total. The molecule has 0 atom stereocenters. The molecule has 3 amide bonds. The summed E-state index contributed by atoms with van der Waals surface area (Å²) in [6.45, 7) is 0.640. The molecule has 2 aromatic carbocycles. The quantitative estimate of drug-likeness (QED) is 0.691. The van der Waals surface area contributed by atoms with Crippen LogP contribution in [0.5, 0.6) is 0 Å². The van der Waals surface area contributed by atoms with E-state index in [1.54, 1.807) is 23.1 Å². The number of nitrogens with zero attached hydrogens (tertiary/aromatic N) is 1. The Hall–Kier alpha value is -2.58. The summed E-state index contributed by atoms with van der Waals surface area (Å²) in [5.74, 6) is -0.724. The number of hydrogen-bond donors (Lipinski definition) is 2. The molecular formula is C20H19ClFN3O3S. The summed E-state index contributed by atoms with van der Waals surface area (Å²) in [7, 11) is 0. The number of amides is 3. The van der Waals surface area contributed by atoms with Gasteiger partial charge in [0.25, 0.3) is 0 Å². The molecule has 2 aromatic rings. The number of hydrogen-bond acceptors (Lipinski definition) is 4. The molecule has 0 unspecified atom stereocenters. The van der Waals surface area contributed by atoms with Crippen molar-refractivity contribution in [2.75, 3.05) is 33.6 Å². The first-order valence-corrected chi connectivity index (χ1v) is 10.5. The van der Waals surface area contributed by atoms with E-state index >= 15 is 0 Å². The maximum Gasteiger partial charge on any atom is 0.234 e. The lowest BCUT2D eigenvalue weighted by molar-refractivity contribution is -0.117. The molecule has 1 aliphatic heterocycles. The van der Waals surface area contributed by atoms with Gasteiger partial charge < -0.3 is 15.5 Å². The van der Waals surface area contributed by atoms with E-state index in [0.29, 0.717) is 35.1 Å². The maximum absolute atomic E-state index is 12.9. The fourth-order valence-electron chi connectivity index (χ4n) is 2.87. The zero-order valence-corrected chi connectivity index (χ0v) is 17.0. The van der Waals surface area contributed by atoms with Gasteiger partial charge in [-0.1, -0.05) is 11.6 Å². The first-order chi connectivity index (χ1) is 13.9. The SMILES string of the molecule is O=C(CSCC(=O)Nc1ccc(N2CCCC2=O)c(Cl)c1)Nc1ccc(F)cc1. The summed E-state index contributed by atoms with van der Waals surface area (Å²) < 4.78 is 12.9. The van der Waals surface area contributed by atoms with Gasteiger partial charge in [0.2, 0.25) is 17.7 Å². The summed E-state index contributed by atoms with van der Waals surface area (Å²) >= 11 is 7.42. The maximum atomic E-state index is 12.9. The predicted molar refractivity (Wildman–Crippen MR) is 114 cm³/mol. The van der Waals surface area contributed by atoms with E-state index in [1.807, 2.05) is 0 Å². The van der Waals surface area contributed by atoms with Gasteiger partial charge in [-0.05, 0) is 48.9 Å². The first-order valence-electron chi connectivity index (χ1n) is 8.95. The van der Waals surface area contributed by atoms with E-state index < -0.39 is 0 Å². The molecule has 0 radical (unpaired) electrons. The van der Waals surface area contributed by atoms with Crippen molar-refractivity contribution in [3.8, 4) is 0 Å². The van der Waals surface area contributed by atoms with Crippen molar-refractivity contribution < 1.29 is 18.8 Å². The monoisotopic (exact) mass is 435 g/mol. The van der Waals surface area contributed by atoms with Gasteiger partial charge in [0.05, 0.1) is 22.2 Å². The molecule has 0 bridgehead atoms. The molecule has 1 aliphatic rings. The molecule has 1 heterocycles. The highest BCUT2D eigenvalue weighted by Crippen LogP contribution is 2.31. The number of anilines is 3. The van der Waals surface area contributed by atoms with Crippen LogP contribution in [0.15, 0.2) is 42.5 Å². The van der Waals surface area contributed by atoms with Crippen LogP contribution in [0.2, 0.25) is 5.02 Å². The molecule has 0 aliphatic carbocycles. The van der Waals surface area contributed by atoms with Gasteiger partial charge in [-0.2, -0.15) is 0 Å². The average Bonchev–Trinajstić information content (AvgIpc) is 3.09. The fourth-order valence-corrected chi connectivity index (χ4v) is 3.77. The van der Waals surface area contributed by atoms with Crippen molar-refractivity contribution in [2.24, 2.45) is 0 Å². The normalized spacial score (nSPS) is 13.4. The van der Waals surface area contributed by atoms with Crippen LogP contribution in [0.25, 0.3) is 0 Å². The summed E-state index contributed by atoms with van der Waals surface area (Å²) in [5, 5.41) is 5.74. The molecule has 0 saturated carbocycles. The molecule has 3 rings (SSSR count). The van der Waals surface area contributed by atoms with Crippen molar-refractivity contribution in [1.29, 1.82) is 0 Å². The van der Waals surface area contributed by atoms with Crippen molar-refractivity contribution in [2.45, 2.75) is 12.8 Å². The average molecular weight is 436 g/mol. The minimum atomic E-state index is -0.380. The molecular weight excluding hydrogens is 417 g/mol. The summed E-state index contributed by atoms with van der Waals surface area (Å²) in [4.78, 5) is 37.4. The van der Waals surface area contributed by atoms with Gasteiger partial charge >= 0.3 is 0 Å². The van der Waals surface area contributed by atoms with E-state index in [2.05, 4.69) is 10.6 Å². The Morgan fingerprint density at radius 3 is 2.24 bits per heavy atom. The Bertz CT molecular complexity index is 924.